The van der Waals surface area contributed by atoms with Crippen LogP contribution in [-0.4, -0.2) is 46.9 Å². The highest BCUT2D eigenvalue weighted by atomic mass is 35.5. The molecule has 0 amide bonds. The van der Waals surface area contributed by atoms with Gasteiger partial charge in [0.1, 0.15) is 16.2 Å². The minimum Gasteiger partial charge on any atom is -0.450 e. The first-order valence-electron chi connectivity index (χ1n) is 14.6. The van der Waals surface area contributed by atoms with Crippen molar-refractivity contribution in [2.45, 2.75) is 37.8 Å². The Bertz CT molecular complexity index is 2160. The summed E-state index contributed by atoms with van der Waals surface area (Å²) in [6, 6.07) is 9.90. The average molecular weight is 666 g/mol. The normalized spacial score (nSPS) is 16.4. The van der Waals surface area contributed by atoms with E-state index < -0.39 is 23.3 Å². The zero-order chi connectivity index (χ0) is 32.9. The van der Waals surface area contributed by atoms with E-state index in [-0.39, 0.29) is 34.2 Å². The number of rotatable bonds is 9. The second-order valence-corrected chi connectivity index (χ2v) is 11.4. The molecule has 0 atom stereocenters. The lowest BCUT2D eigenvalue weighted by molar-refractivity contribution is -0.138. The Morgan fingerprint density at radius 1 is 1.09 bits per heavy atom. The van der Waals surface area contributed by atoms with Gasteiger partial charge in [0.25, 0.3) is 5.56 Å². The van der Waals surface area contributed by atoms with Gasteiger partial charge in [-0.3, -0.25) is 4.79 Å². The van der Waals surface area contributed by atoms with Crippen LogP contribution in [-0.2, 0) is 24.6 Å². The van der Waals surface area contributed by atoms with Gasteiger partial charge in [0, 0.05) is 38.7 Å². The molecule has 1 aromatic carbocycles. The molecule has 0 aliphatic heterocycles. The number of nitrogens with one attached hydrogen (secondary N) is 2. The molecule has 16 heteroatoms. The molecular formula is C31H27ClF3N9O3. The lowest BCUT2D eigenvalue weighted by Gasteiger charge is -2.36. The van der Waals surface area contributed by atoms with E-state index in [9.17, 15) is 18.0 Å². The molecule has 47 heavy (non-hydrogen) atoms. The van der Waals surface area contributed by atoms with Gasteiger partial charge in [-0.25, -0.2) is 14.5 Å². The second-order valence-electron chi connectivity index (χ2n) is 11.1. The maximum atomic E-state index is 14.0. The van der Waals surface area contributed by atoms with Gasteiger partial charge in [0.15, 0.2) is 28.5 Å². The monoisotopic (exact) mass is 665 g/mol. The summed E-state index contributed by atoms with van der Waals surface area (Å²) in [5, 5.41) is 10.2. The van der Waals surface area contributed by atoms with Crippen LogP contribution < -0.4 is 20.9 Å². The number of hydrogen-bond donors (Lipinski definition) is 2. The maximum Gasteiger partial charge on any atom is 0.417 e. The summed E-state index contributed by atoms with van der Waals surface area (Å²) < 4.78 is 58.2. The van der Waals surface area contributed by atoms with Crippen molar-refractivity contribution in [1.29, 1.82) is 0 Å². The summed E-state index contributed by atoms with van der Waals surface area (Å²) in [6.45, 7) is 0.381. The number of anilines is 3. The average Bonchev–Trinajstić information content (AvgIpc) is 3.59. The number of aryl methyl sites for hydroxylation is 1. The van der Waals surface area contributed by atoms with Gasteiger partial charge in [0.2, 0.25) is 5.95 Å². The molecule has 1 fully saturated rings. The first kappa shape index (κ1) is 30.5. The third kappa shape index (κ3) is 5.72. The molecule has 0 spiro atoms. The Morgan fingerprint density at radius 2 is 1.87 bits per heavy atom. The van der Waals surface area contributed by atoms with Gasteiger partial charge in [-0.05, 0) is 24.5 Å². The number of imidazole rings is 1. The summed E-state index contributed by atoms with van der Waals surface area (Å²) in [5.41, 5.74) is 0.196. The maximum absolute atomic E-state index is 14.0. The fraction of sp³-hybridized carbons (Fsp3) is 0.258. The van der Waals surface area contributed by atoms with Crippen LogP contribution in [0.15, 0.2) is 72.2 Å². The Hall–Kier alpha value is -5.15. The van der Waals surface area contributed by atoms with Crippen LogP contribution in [0.3, 0.4) is 0 Å². The van der Waals surface area contributed by atoms with Gasteiger partial charge in [-0.1, -0.05) is 41.9 Å². The number of alkyl halides is 3. The van der Waals surface area contributed by atoms with Gasteiger partial charge in [-0.15, -0.1) is 0 Å². The molecule has 5 aromatic heterocycles. The Morgan fingerprint density at radius 3 is 2.62 bits per heavy atom. The van der Waals surface area contributed by atoms with Crippen molar-refractivity contribution in [2.75, 3.05) is 17.7 Å². The van der Waals surface area contributed by atoms with Gasteiger partial charge in [-0.2, -0.15) is 23.3 Å². The molecule has 12 nitrogen and oxygen atoms in total. The van der Waals surface area contributed by atoms with Crippen LogP contribution in [0.25, 0.3) is 16.7 Å². The molecular weight excluding hydrogens is 639 g/mol. The largest absolute Gasteiger partial charge is 0.450 e. The van der Waals surface area contributed by atoms with E-state index in [2.05, 4.69) is 30.7 Å². The molecule has 7 rings (SSSR count). The third-order valence-corrected chi connectivity index (χ3v) is 8.43. The number of benzene rings is 1. The van der Waals surface area contributed by atoms with E-state index in [1.165, 1.54) is 17.0 Å². The standard InChI is InChI=1S/C31H27ClF3N9O3/c1-36-27-25-23(14-39-44(25)9-8-37-27)47-22-13-38-28-26(24(22)32)42(2)30(41-28)40-21-10-18(31(33,34)35)15-43(29(21)45)19-11-20(12-19)46-16-17-6-4-3-5-7-17/h3-10,13-15,19-20H,11-12,16H2,1-2H3,(H,36,37)(H,38,40,41)/t19-,20+. The van der Waals surface area contributed by atoms with Crippen molar-refractivity contribution in [3.8, 4) is 11.5 Å². The second kappa shape index (κ2) is 11.9. The van der Waals surface area contributed by atoms with Crippen molar-refractivity contribution >= 4 is 45.7 Å². The summed E-state index contributed by atoms with van der Waals surface area (Å²) >= 11 is 6.75. The molecule has 242 valence electrons. The van der Waals surface area contributed by atoms with Crippen LogP contribution >= 0.6 is 11.6 Å². The van der Waals surface area contributed by atoms with Crippen LogP contribution in [0.4, 0.5) is 30.6 Å². The molecule has 0 unspecified atom stereocenters. The van der Waals surface area contributed by atoms with Crippen molar-refractivity contribution in [3.05, 3.63) is 93.9 Å². The zero-order valence-corrected chi connectivity index (χ0v) is 25.7. The minimum atomic E-state index is -4.69. The fourth-order valence-electron chi connectivity index (χ4n) is 5.52. The van der Waals surface area contributed by atoms with E-state index >= 15 is 0 Å². The summed E-state index contributed by atoms with van der Waals surface area (Å²) in [7, 11) is 3.31. The lowest BCUT2D eigenvalue weighted by atomic mass is 9.88. The SMILES string of the molecule is CNc1nccn2ncc(Oc3cnc4nc(Nc5cc(C(F)(F)F)cn([C@H]6C[C@@H](OCc7ccccc7)C6)c5=O)n(C)c4c3Cl)c12. The Labute approximate surface area is 269 Å². The van der Waals surface area contributed by atoms with E-state index in [1.807, 2.05) is 30.3 Å². The van der Waals surface area contributed by atoms with E-state index in [1.54, 1.807) is 31.0 Å². The zero-order valence-electron chi connectivity index (χ0n) is 25.0. The summed E-state index contributed by atoms with van der Waals surface area (Å²) in [6.07, 6.45) is 2.93. The fourth-order valence-corrected chi connectivity index (χ4v) is 5.81. The third-order valence-electron chi connectivity index (χ3n) is 8.07. The first-order chi connectivity index (χ1) is 22.6. The number of halogens is 4. The highest BCUT2D eigenvalue weighted by Gasteiger charge is 2.37. The topological polar surface area (TPSA) is 125 Å². The van der Waals surface area contributed by atoms with E-state index in [0.717, 1.165) is 22.4 Å². The molecule has 1 aliphatic carbocycles. The number of fused-ring (bicyclic) bond motifs is 2. The Balaban J connectivity index is 1.16. The molecule has 2 N–H and O–H groups in total. The highest BCUT2D eigenvalue weighted by Crippen LogP contribution is 2.39. The highest BCUT2D eigenvalue weighted by molar-refractivity contribution is 6.36. The Kier molecular flexibility index (Phi) is 7.72. The summed E-state index contributed by atoms with van der Waals surface area (Å²) in [5.74, 6) is 1.13. The molecule has 6 aromatic rings. The predicted molar refractivity (Wildman–Crippen MR) is 168 cm³/mol. The molecule has 1 aliphatic rings. The van der Waals surface area contributed by atoms with Gasteiger partial charge < -0.3 is 29.2 Å². The lowest BCUT2D eigenvalue weighted by Crippen LogP contribution is -2.39. The van der Waals surface area contributed by atoms with Crippen LogP contribution in [0.2, 0.25) is 5.02 Å². The minimum absolute atomic E-state index is 0.0601. The number of ether oxygens (including phenoxy) is 2. The van der Waals surface area contributed by atoms with Crippen molar-refractivity contribution in [2.24, 2.45) is 7.05 Å². The molecule has 0 bridgehead atoms. The quantitative estimate of drug-likeness (QED) is 0.182. The van der Waals surface area contributed by atoms with Gasteiger partial charge >= 0.3 is 6.18 Å². The molecule has 0 saturated heterocycles. The number of nitrogens with zero attached hydrogens (tertiary/aromatic N) is 7. The van der Waals surface area contributed by atoms with Crippen LogP contribution in [0.5, 0.6) is 11.5 Å². The molecule has 0 radical (unpaired) electrons. The van der Waals surface area contributed by atoms with Crippen molar-refractivity contribution < 1.29 is 22.6 Å². The number of aromatic nitrogens is 7. The summed E-state index contributed by atoms with van der Waals surface area (Å²) in [4.78, 5) is 26.6. The van der Waals surface area contributed by atoms with E-state index in [4.69, 9.17) is 21.1 Å². The predicted octanol–water partition coefficient (Wildman–Crippen LogP) is 6.34. The van der Waals surface area contributed by atoms with Crippen molar-refractivity contribution in [3.63, 3.8) is 0 Å². The smallest absolute Gasteiger partial charge is 0.417 e. The van der Waals surface area contributed by atoms with Crippen LogP contribution in [0.1, 0.15) is 30.0 Å². The van der Waals surface area contributed by atoms with Gasteiger partial charge in [0.05, 0.1) is 30.7 Å². The molecule has 1 saturated carbocycles. The van der Waals surface area contributed by atoms with E-state index in [0.29, 0.717) is 42.0 Å². The van der Waals surface area contributed by atoms with Crippen molar-refractivity contribution in [1.82, 2.24) is 33.7 Å². The number of pyridine rings is 2. The number of hydrogen-bond acceptors (Lipinski definition) is 9. The molecule has 5 heterocycles. The van der Waals surface area contributed by atoms with Crippen LogP contribution in [0, 0.1) is 0 Å². The first-order valence-corrected chi connectivity index (χ1v) is 14.9.